The molecule has 2 N–H and O–H groups in total. The summed E-state index contributed by atoms with van der Waals surface area (Å²) >= 11 is 3.45. The first-order valence-corrected chi connectivity index (χ1v) is 6.65. The fraction of sp³-hybridized carbons (Fsp3) is 0.583. The van der Waals surface area contributed by atoms with Crippen molar-refractivity contribution in [2.45, 2.75) is 32.2 Å². The molecule has 0 unspecified atom stereocenters. The first-order chi connectivity index (χ1) is 7.75. The van der Waals surface area contributed by atoms with E-state index in [1.165, 1.54) is 25.8 Å². The molecule has 16 heavy (non-hydrogen) atoms. The molecule has 0 aromatic carbocycles. The molecule has 2 rings (SSSR count). The molecule has 1 atom stereocenters. The van der Waals surface area contributed by atoms with Crippen LogP contribution in [0.15, 0.2) is 16.6 Å². The molecule has 0 amide bonds. The fourth-order valence-corrected chi connectivity index (χ4v) is 2.24. The molecule has 1 aromatic rings. The highest BCUT2D eigenvalue weighted by atomic mass is 79.9. The third-order valence-electron chi connectivity index (χ3n) is 2.98. The average Bonchev–Trinajstić information content (AvgIpc) is 2.76. The van der Waals surface area contributed by atoms with Crippen LogP contribution in [0, 0.1) is 6.92 Å². The van der Waals surface area contributed by atoms with Gasteiger partial charge in [0, 0.05) is 17.1 Å². The summed E-state index contributed by atoms with van der Waals surface area (Å²) in [6, 6.07) is 4.75. The van der Waals surface area contributed by atoms with Crippen molar-refractivity contribution in [3.8, 4) is 0 Å². The van der Waals surface area contributed by atoms with E-state index in [1.807, 2.05) is 19.1 Å². The summed E-state index contributed by atoms with van der Waals surface area (Å²) in [6.07, 6.45) is 3.81. The van der Waals surface area contributed by atoms with Crippen molar-refractivity contribution in [2.75, 3.05) is 18.4 Å². The number of hydrogen-bond donors (Lipinski definition) is 2. The van der Waals surface area contributed by atoms with Gasteiger partial charge in [-0.05, 0) is 60.8 Å². The van der Waals surface area contributed by atoms with Crippen molar-refractivity contribution in [3.05, 3.63) is 22.3 Å². The smallest absolute Gasteiger partial charge is 0.126 e. The highest BCUT2D eigenvalue weighted by Crippen LogP contribution is 2.16. The standard InChI is InChI=1S/C12H18BrN3/c1-9-11(13)4-5-12(16-9)15-8-6-10-3-2-7-14-10/h4-5,10,14H,2-3,6-8H2,1H3,(H,15,16)/t10-/m1/s1. The SMILES string of the molecule is Cc1nc(NCC[C@H]2CCCN2)ccc1Br. The van der Waals surface area contributed by atoms with Gasteiger partial charge in [0.1, 0.15) is 5.82 Å². The lowest BCUT2D eigenvalue weighted by Crippen LogP contribution is -2.24. The van der Waals surface area contributed by atoms with E-state index in [9.17, 15) is 0 Å². The quantitative estimate of drug-likeness (QED) is 0.892. The Balaban J connectivity index is 1.78. The first-order valence-electron chi connectivity index (χ1n) is 5.86. The third kappa shape index (κ3) is 3.19. The Morgan fingerprint density at radius 1 is 1.56 bits per heavy atom. The molecule has 3 nitrogen and oxygen atoms in total. The van der Waals surface area contributed by atoms with Crippen molar-refractivity contribution in [2.24, 2.45) is 0 Å². The molecule has 88 valence electrons. The minimum absolute atomic E-state index is 0.698. The van der Waals surface area contributed by atoms with Gasteiger partial charge >= 0.3 is 0 Å². The van der Waals surface area contributed by atoms with Crippen LogP contribution in [0.3, 0.4) is 0 Å². The van der Waals surface area contributed by atoms with E-state index in [2.05, 4.69) is 31.5 Å². The van der Waals surface area contributed by atoms with E-state index < -0.39 is 0 Å². The number of rotatable bonds is 4. The average molecular weight is 284 g/mol. The molecule has 0 bridgehead atoms. The van der Waals surface area contributed by atoms with Crippen LogP contribution in [0.4, 0.5) is 5.82 Å². The number of aryl methyl sites for hydroxylation is 1. The Morgan fingerprint density at radius 2 is 2.44 bits per heavy atom. The van der Waals surface area contributed by atoms with Gasteiger partial charge in [-0.1, -0.05) is 0 Å². The second-order valence-corrected chi connectivity index (χ2v) is 5.13. The number of nitrogens with one attached hydrogen (secondary N) is 2. The summed E-state index contributed by atoms with van der Waals surface area (Å²) in [5.41, 5.74) is 1.03. The Morgan fingerprint density at radius 3 is 3.12 bits per heavy atom. The summed E-state index contributed by atoms with van der Waals surface area (Å²) in [6.45, 7) is 4.18. The number of nitrogens with zero attached hydrogens (tertiary/aromatic N) is 1. The van der Waals surface area contributed by atoms with Crippen molar-refractivity contribution >= 4 is 21.7 Å². The van der Waals surface area contributed by atoms with Crippen LogP contribution >= 0.6 is 15.9 Å². The van der Waals surface area contributed by atoms with Crippen LogP contribution in [-0.2, 0) is 0 Å². The lowest BCUT2D eigenvalue weighted by molar-refractivity contribution is 0.574. The van der Waals surface area contributed by atoms with E-state index in [1.54, 1.807) is 0 Å². The predicted molar refractivity (Wildman–Crippen MR) is 70.8 cm³/mol. The molecule has 4 heteroatoms. The third-order valence-corrected chi connectivity index (χ3v) is 3.82. The molecule has 0 spiro atoms. The van der Waals surface area contributed by atoms with Gasteiger partial charge in [0.2, 0.25) is 0 Å². The molecular weight excluding hydrogens is 266 g/mol. The van der Waals surface area contributed by atoms with Gasteiger partial charge in [-0.15, -0.1) is 0 Å². The van der Waals surface area contributed by atoms with Crippen LogP contribution in [0.1, 0.15) is 25.0 Å². The van der Waals surface area contributed by atoms with Crippen molar-refractivity contribution in [3.63, 3.8) is 0 Å². The van der Waals surface area contributed by atoms with Gasteiger partial charge in [-0.25, -0.2) is 4.98 Å². The highest BCUT2D eigenvalue weighted by Gasteiger charge is 2.12. The largest absolute Gasteiger partial charge is 0.370 e. The van der Waals surface area contributed by atoms with Crippen LogP contribution in [0.2, 0.25) is 0 Å². The molecule has 1 aliphatic rings. The molecule has 1 aromatic heterocycles. The molecule has 1 aliphatic heterocycles. The Labute approximate surface area is 105 Å². The van der Waals surface area contributed by atoms with Crippen molar-refractivity contribution < 1.29 is 0 Å². The maximum absolute atomic E-state index is 4.46. The number of hydrogen-bond acceptors (Lipinski definition) is 3. The van der Waals surface area contributed by atoms with Gasteiger partial charge < -0.3 is 10.6 Å². The minimum Gasteiger partial charge on any atom is -0.370 e. The van der Waals surface area contributed by atoms with E-state index in [4.69, 9.17) is 0 Å². The van der Waals surface area contributed by atoms with E-state index in [-0.39, 0.29) is 0 Å². The Bertz CT molecular complexity index is 348. The number of aromatic nitrogens is 1. The fourth-order valence-electron chi connectivity index (χ4n) is 2.02. The van der Waals surface area contributed by atoms with Crippen LogP contribution < -0.4 is 10.6 Å². The first kappa shape index (κ1) is 11.9. The molecule has 2 heterocycles. The molecule has 1 fully saturated rings. The second kappa shape index (κ2) is 5.64. The Kier molecular flexibility index (Phi) is 4.18. The lowest BCUT2D eigenvalue weighted by atomic mass is 10.1. The molecular formula is C12H18BrN3. The number of halogens is 1. The molecule has 1 saturated heterocycles. The molecule has 0 aliphatic carbocycles. The maximum Gasteiger partial charge on any atom is 0.126 e. The summed E-state index contributed by atoms with van der Waals surface area (Å²) in [4.78, 5) is 4.46. The van der Waals surface area contributed by atoms with Crippen LogP contribution in [0.25, 0.3) is 0 Å². The molecule has 0 radical (unpaired) electrons. The van der Waals surface area contributed by atoms with E-state index >= 15 is 0 Å². The summed E-state index contributed by atoms with van der Waals surface area (Å²) < 4.78 is 1.07. The monoisotopic (exact) mass is 283 g/mol. The zero-order chi connectivity index (χ0) is 11.4. The van der Waals surface area contributed by atoms with Crippen molar-refractivity contribution in [1.29, 1.82) is 0 Å². The van der Waals surface area contributed by atoms with E-state index in [0.717, 1.165) is 22.5 Å². The topological polar surface area (TPSA) is 37.0 Å². The van der Waals surface area contributed by atoms with Gasteiger partial charge in [0.25, 0.3) is 0 Å². The Hall–Kier alpha value is -0.610. The number of anilines is 1. The van der Waals surface area contributed by atoms with E-state index in [0.29, 0.717) is 6.04 Å². The highest BCUT2D eigenvalue weighted by molar-refractivity contribution is 9.10. The summed E-state index contributed by atoms with van der Waals surface area (Å²) in [7, 11) is 0. The van der Waals surface area contributed by atoms with Gasteiger partial charge in [-0.2, -0.15) is 0 Å². The second-order valence-electron chi connectivity index (χ2n) is 4.27. The zero-order valence-electron chi connectivity index (χ0n) is 9.59. The van der Waals surface area contributed by atoms with Gasteiger partial charge in [0.05, 0.1) is 5.69 Å². The lowest BCUT2D eigenvalue weighted by Gasteiger charge is -2.11. The minimum atomic E-state index is 0.698. The maximum atomic E-state index is 4.46. The summed E-state index contributed by atoms with van der Waals surface area (Å²) in [5.74, 6) is 0.971. The van der Waals surface area contributed by atoms with Crippen LogP contribution in [0.5, 0.6) is 0 Å². The van der Waals surface area contributed by atoms with Crippen molar-refractivity contribution in [1.82, 2.24) is 10.3 Å². The van der Waals surface area contributed by atoms with Gasteiger partial charge in [-0.3, -0.25) is 0 Å². The van der Waals surface area contributed by atoms with Crippen LogP contribution in [-0.4, -0.2) is 24.1 Å². The number of pyridine rings is 1. The summed E-state index contributed by atoms with van der Waals surface area (Å²) in [5, 5.41) is 6.86. The predicted octanol–water partition coefficient (Wildman–Crippen LogP) is 2.71. The van der Waals surface area contributed by atoms with Gasteiger partial charge in [0.15, 0.2) is 0 Å². The normalized spacial score (nSPS) is 20.0. The molecule has 0 saturated carbocycles. The zero-order valence-corrected chi connectivity index (χ0v) is 11.2.